The Morgan fingerprint density at radius 3 is 2.41 bits per heavy atom. The second-order valence-electron chi connectivity index (χ2n) is 4.62. The zero-order valence-electron chi connectivity index (χ0n) is 10.2. The molecule has 0 heterocycles. The van der Waals surface area contributed by atoms with Crippen LogP contribution < -0.4 is 15.4 Å². The van der Waals surface area contributed by atoms with E-state index in [1.165, 1.54) is 0 Å². The Kier molecular flexibility index (Phi) is 4.63. The summed E-state index contributed by atoms with van der Waals surface area (Å²) in [5.74, 6) is 0.658. The van der Waals surface area contributed by atoms with Crippen LogP contribution in [0.15, 0.2) is 24.3 Å². The number of hydrogen-bond acceptors (Lipinski definition) is 2. The van der Waals surface area contributed by atoms with Crippen LogP contribution in [0, 0.1) is 0 Å². The molecule has 0 radical (unpaired) electrons. The third-order valence-electron chi connectivity index (χ3n) is 1.77. The Labute approximate surface area is 106 Å². The van der Waals surface area contributed by atoms with Gasteiger partial charge in [0.15, 0.2) is 6.73 Å². The highest BCUT2D eigenvalue weighted by molar-refractivity contribution is 6.30. The van der Waals surface area contributed by atoms with E-state index in [4.69, 9.17) is 16.3 Å². The molecule has 0 aromatic heterocycles. The zero-order valence-corrected chi connectivity index (χ0v) is 11.0. The molecule has 0 spiro atoms. The maximum absolute atomic E-state index is 11.4. The van der Waals surface area contributed by atoms with E-state index < -0.39 is 0 Å². The van der Waals surface area contributed by atoms with Gasteiger partial charge in [0.2, 0.25) is 0 Å². The molecule has 0 saturated heterocycles. The summed E-state index contributed by atoms with van der Waals surface area (Å²) in [5, 5.41) is 6.01. The van der Waals surface area contributed by atoms with Gasteiger partial charge in [0.1, 0.15) is 5.75 Å². The van der Waals surface area contributed by atoms with E-state index in [1.54, 1.807) is 24.3 Å². The third-order valence-corrected chi connectivity index (χ3v) is 2.03. The average Bonchev–Trinajstić information content (AvgIpc) is 2.18. The zero-order chi connectivity index (χ0) is 12.9. The van der Waals surface area contributed by atoms with Crippen molar-refractivity contribution in [3.05, 3.63) is 29.3 Å². The number of urea groups is 1. The van der Waals surface area contributed by atoms with Gasteiger partial charge in [-0.2, -0.15) is 0 Å². The molecule has 0 unspecified atom stereocenters. The van der Waals surface area contributed by atoms with Gasteiger partial charge < -0.3 is 15.4 Å². The van der Waals surface area contributed by atoms with E-state index in [9.17, 15) is 4.79 Å². The molecule has 1 aromatic rings. The Morgan fingerprint density at radius 1 is 1.29 bits per heavy atom. The number of carbonyl (C=O) groups excluding carboxylic acids is 1. The number of rotatable bonds is 3. The van der Waals surface area contributed by atoms with Crippen LogP contribution in [0.3, 0.4) is 0 Å². The van der Waals surface area contributed by atoms with Crippen LogP contribution in [-0.4, -0.2) is 18.3 Å². The minimum atomic E-state index is -0.260. The van der Waals surface area contributed by atoms with E-state index >= 15 is 0 Å². The fourth-order valence-corrected chi connectivity index (χ4v) is 1.23. The van der Waals surface area contributed by atoms with Gasteiger partial charge in [-0.25, -0.2) is 4.79 Å². The third kappa shape index (κ3) is 6.02. The summed E-state index contributed by atoms with van der Waals surface area (Å²) in [6.45, 7) is 5.84. The lowest BCUT2D eigenvalue weighted by molar-refractivity contribution is 0.216. The van der Waals surface area contributed by atoms with Crippen LogP contribution in [0.1, 0.15) is 20.8 Å². The lowest BCUT2D eigenvalue weighted by Gasteiger charge is -2.20. The molecule has 5 heteroatoms. The minimum absolute atomic E-state index is 0.115. The number of benzene rings is 1. The van der Waals surface area contributed by atoms with Gasteiger partial charge in [0, 0.05) is 10.6 Å². The summed E-state index contributed by atoms with van der Waals surface area (Å²) < 4.78 is 5.32. The molecule has 94 valence electrons. The van der Waals surface area contributed by atoms with Crippen molar-refractivity contribution < 1.29 is 9.53 Å². The number of ether oxygens (including phenoxy) is 1. The quantitative estimate of drug-likeness (QED) is 0.817. The second-order valence-corrected chi connectivity index (χ2v) is 5.06. The molecule has 2 amide bonds. The van der Waals surface area contributed by atoms with Crippen molar-refractivity contribution in [2.45, 2.75) is 26.3 Å². The highest BCUT2D eigenvalue weighted by atomic mass is 35.5. The predicted molar refractivity (Wildman–Crippen MR) is 68.4 cm³/mol. The molecule has 0 atom stereocenters. The van der Waals surface area contributed by atoms with Gasteiger partial charge >= 0.3 is 6.03 Å². The predicted octanol–water partition coefficient (Wildman–Crippen LogP) is 2.77. The fraction of sp³-hybridized carbons (Fsp3) is 0.417. The Hall–Kier alpha value is -1.42. The van der Waals surface area contributed by atoms with E-state index in [1.807, 2.05) is 20.8 Å². The van der Waals surface area contributed by atoms with Crippen LogP contribution in [0.2, 0.25) is 5.02 Å². The lowest BCUT2D eigenvalue weighted by atomic mass is 10.1. The van der Waals surface area contributed by atoms with E-state index in [-0.39, 0.29) is 18.3 Å². The molecule has 1 rings (SSSR count). The van der Waals surface area contributed by atoms with Crippen LogP contribution in [0.5, 0.6) is 5.75 Å². The first-order valence-corrected chi connectivity index (χ1v) is 5.69. The monoisotopic (exact) mass is 256 g/mol. The van der Waals surface area contributed by atoms with E-state index in [2.05, 4.69) is 10.6 Å². The van der Waals surface area contributed by atoms with Gasteiger partial charge in [-0.1, -0.05) is 11.6 Å². The number of amides is 2. The number of carbonyl (C=O) groups is 1. The number of nitrogens with one attached hydrogen (secondary N) is 2. The minimum Gasteiger partial charge on any atom is -0.473 e. The van der Waals surface area contributed by atoms with Crippen molar-refractivity contribution in [2.75, 3.05) is 6.73 Å². The summed E-state index contributed by atoms with van der Waals surface area (Å²) >= 11 is 5.73. The van der Waals surface area contributed by atoms with E-state index in [0.717, 1.165) is 0 Å². The molecule has 17 heavy (non-hydrogen) atoms. The van der Waals surface area contributed by atoms with Gasteiger partial charge in [-0.3, -0.25) is 0 Å². The van der Waals surface area contributed by atoms with Crippen molar-refractivity contribution in [2.24, 2.45) is 0 Å². The smallest absolute Gasteiger partial charge is 0.317 e. The van der Waals surface area contributed by atoms with Gasteiger partial charge in [-0.15, -0.1) is 0 Å². The lowest BCUT2D eigenvalue weighted by Crippen LogP contribution is -2.47. The summed E-state index contributed by atoms with van der Waals surface area (Å²) in [5.41, 5.74) is -0.260. The van der Waals surface area contributed by atoms with Crippen LogP contribution in [-0.2, 0) is 0 Å². The van der Waals surface area contributed by atoms with Gasteiger partial charge in [0.25, 0.3) is 0 Å². The van der Waals surface area contributed by atoms with E-state index in [0.29, 0.717) is 10.8 Å². The van der Waals surface area contributed by atoms with Crippen molar-refractivity contribution in [3.63, 3.8) is 0 Å². The molecule has 0 aliphatic carbocycles. The Bertz CT molecular complexity index is 371. The molecule has 0 aliphatic heterocycles. The molecule has 1 aromatic carbocycles. The molecular weight excluding hydrogens is 240 g/mol. The fourth-order valence-electron chi connectivity index (χ4n) is 1.10. The van der Waals surface area contributed by atoms with Crippen molar-refractivity contribution in [3.8, 4) is 5.75 Å². The van der Waals surface area contributed by atoms with Crippen LogP contribution >= 0.6 is 11.6 Å². The van der Waals surface area contributed by atoms with Crippen molar-refractivity contribution in [1.82, 2.24) is 10.6 Å². The van der Waals surface area contributed by atoms with Crippen molar-refractivity contribution >= 4 is 17.6 Å². The second kappa shape index (κ2) is 5.77. The van der Waals surface area contributed by atoms with Crippen LogP contribution in [0.4, 0.5) is 4.79 Å². The first kappa shape index (κ1) is 13.6. The van der Waals surface area contributed by atoms with Gasteiger partial charge in [0.05, 0.1) is 0 Å². The van der Waals surface area contributed by atoms with Crippen molar-refractivity contribution in [1.29, 1.82) is 0 Å². The molecular formula is C12H17ClN2O2. The summed E-state index contributed by atoms with van der Waals surface area (Å²) in [6.07, 6.45) is 0. The molecule has 2 N–H and O–H groups in total. The molecule has 0 aliphatic rings. The summed E-state index contributed by atoms with van der Waals surface area (Å²) in [4.78, 5) is 11.4. The molecule has 0 fully saturated rings. The largest absolute Gasteiger partial charge is 0.473 e. The summed E-state index contributed by atoms with van der Waals surface area (Å²) in [6, 6.07) is 6.68. The first-order valence-electron chi connectivity index (χ1n) is 5.31. The maximum atomic E-state index is 11.4. The highest BCUT2D eigenvalue weighted by Crippen LogP contribution is 2.14. The Morgan fingerprint density at radius 2 is 1.88 bits per heavy atom. The van der Waals surface area contributed by atoms with Gasteiger partial charge in [-0.05, 0) is 45.0 Å². The average molecular weight is 257 g/mol. The number of hydrogen-bond donors (Lipinski definition) is 2. The summed E-state index contributed by atoms with van der Waals surface area (Å²) in [7, 11) is 0. The standard InChI is InChI=1S/C12H17ClN2O2/c1-12(2,3)15-11(16)14-8-17-10-6-4-9(13)5-7-10/h4-7H,8H2,1-3H3,(H2,14,15,16). The molecule has 0 bridgehead atoms. The molecule has 4 nitrogen and oxygen atoms in total. The normalized spacial score (nSPS) is 10.8. The van der Waals surface area contributed by atoms with Crippen LogP contribution in [0.25, 0.3) is 0 Å². The first-order chi connectivity index (χ1) is 7.87. The highest BCUT2D eigenvalue weighted by Gasteiger charge is 2.12. The SMILES string of the molecule is CC(C)(C)NC(=O)NCOc1ccc(Cl)cc1. The number of halogens is 1. The Balaban J connectivity index is 2.28. The topological polar surface area (TPSA) is 50.4 Å². The molecule has 0 saturated carbocycles. The maximum Gasteiger partial charge on any atom is 0.317 e.